The van der Waals surface area contributed by atoms with E-state index in [0.717, 1.165) is 11.1 Å². The molecule has 4 aromatic rings. The van der Waals surface area contributed by atoms with E-state index in [0.29, 0.717) is 22.3 Å². The highest BCUT2D eigenvalue weighted by atomic mass is 35.5. The number of alkyl halides is 1. The second-order valence-electron chi connectivity index (χ2n) is 6.72. The molecule has 0 bridgehead atoms. The molecule has 2 N–H and O–H groups in total. The lowest BCUT2D eigenvalue weighted by Crippen LogP contribution is -2.17. The third kappa shape index (κ3) is 4.02. The molecule has 0 aliphatic carbocycles. The number of fused-ring (bicyclic) bond motifs is 1. The quantitative estimate of drug-likeness (QED) is 0.420. The summed E-state index contributed by atoms with van der Waals surface area (Å²) < 4.78 is 0. The molecule has 5 nitrogen and oxygen atoms in total. The van der Waals surface area contributed by atoms with Gasteiger partial charge in [-0.2, -0.15) is 0 Å². The molecule has 1 atom stereocenters. The molecule has 1 amide bonds. The van der Waals surface area contributed by atoms with Gasteiger partial charge in [0.1, 0.15) is 5.38 Å². The normalized spacial score (nSPS) is 11.8. The van der Waals surface area contributed by atoms with Gasteiger partial charge in [0.05, 0.1) is 16.8 Å². The molecule has 30 heavy (non-hydrogen) atoms. The molecule has 4 rings (SSSR count). The van der Waals surface area contributed by atoms with Gasteiger partial charge in [0.15, 0.2) is 0 Å². The van der Waals surface area contributed by atoms with Gasteiger partial charge in [-0.25, -0.2) is 9.78 Å². The summed E-state index contributed by atoms with van der Waals surface area (Å²) in [7, 11) is 0. The van der Waals surface area contributed by atoms with Gasteiger partial charge in [-0.05, 0) is 29.8 Å². The van der Waals surface area contributed by atoms with Crippen LogP contribution < -0.4 is 5.32 Å². The SMILES string of the molecule is O=C(O)c1cc(-c2ccc(NC(=O)C(Cl)c3ccccc3)cc2)nc2ccccc12. The highest BCUT2D eigenvalue weighted by Crippen LogP contribution is 2.27. The monoisotopic (exact) mass is 416 g/mol. The van der Waals surface area contributed by atoms with E-state index in [2.05, 4.69) is 10.3 Å². The zero-order valence-corrected chi connectivity index (χ0v) is 16.5. The number of carbonyl (C=O) groups excluding carboxylic acids is 1. The Bertz CT molecular complexity index is 1220. The Kier molecular flexibility index (Phi) is 5.46. The predicted molar refractivity (Wildman–Crippen MR) is 118 cm³/mol. The highest BCUT2D eigenvalue weighted by Gasteiger charge is 2.17. The van der Waals surface area contributed by atoms with Gasteiger partial charge in [0, 0.05) is 16.6 Å². The minimum absolute atomic E-state index is 0.195. The Labute approximate surface area is 178 Å². The molecule has 1 unspecified atom stereocenters. The second-order valence-corrected chi connectivity index (χ2v) is 7.15. The zero-order valence-electron chi connectivity index (χ0n) is 15.7. The molecule has 0 radical (unpaired) electrons. The lowest BCUT2D eigenvalue weighted by atomic mass is 10.0. The first kappa shape index (κ1) is 19.6. The molecular formula is C24H17ClN2O3. The maximum absolute atomic E-state index is 12.4. The minimum Gasteiger partial charge on any atom is -0.478 e. The predicted octanol–water partition coefficient (Wildman–Crippen LogP) is 5.52. The summed E-state index contributed by atoms with van der Waals surface area (Å²) in [6, 6.07) is 24.8. The molecule has 0 saturated heterocycles. The van der Waals surface area contributed by atoms with E-state index >= 15 is 0 Å². The molecule has 0 aliphatic rings. The van der Waals surface area contributed by atoms with Crippen molar-refractivity contribution in [1.82, 2.24) is 4.98 Å². The van der Waals surface area contributed by atoms with Gasteiger partial charge in [0.25, 0.3) is 0 Å². The van der Waals surface area contributed by atoms with Gasteiger partial charge < -0.3 is 10.4 Å². The molecule has 0 fully saturated rings. The van der Waals surface area contributed by atoms with E-state index in [-0.39, 0.29) is 11.5 Å². The van der Waals surface area contributed by atoms with Gasteiger partial charge in [-0.1, -0.05) is 60.7 Å². The lowest BCUT2D eigenvalue weighted by molar-refractivity contribution is -0.116. The van der Waals surface area contributed by atoms with Gasteiger partial charge >= 0.3 is 5.97 Å². The number of rotatable bonds is 5. The molecular weight excluding hydrogens is 400 g/mol. The van der Waals surface area contributed by atoms with Crippen LogP contribution in [0.15, 0.2) is 84.9 Å². The molecule has 1 heterocycles. The van der Waals surface area contributed by atoms with Crippen LogP contribution in [-0.4, -0.2) is 22.0 Å². The van der Waals surface area contributed by atoms with Crippen LogP contribution in [0.1, 0.15) is 21.3 Å². The van der Waals surface area contributed by atoms with Crippen LogP contribution in [0.4, 0.5) is 5.69 Å². The first-order valence-corrected chi connectivity index (χ1v) is 9.70. The first-order valence-electron chi connectivity index (χ1n) is 9.26. The summed E-state index contributed by atoms with van der Waals surface area (Å²) >= 11 is 6.26. The topological polar surface area (TPSA) is 79.3 Å². The number of amides is 1. The number of hydrogen-bond donors (Lipinski definition) is 2. The number of benzene rings is 3. The molecule has 0 aliphatic heterocycles. The molecule has 0 saturated carbocycles. The number of nitrogens with one attached hydrogen (secondary N) is 1. The fourth-order valence-electron chi connectivity index (χ4n) is 3.20. The van der Waals surface area contributed by atoms with Crippen molar-refractivity contribution in [3.8, 4) is 11.3 Å². The van der Waals surface area contributed by atoms with Crippen LogP contribution in [0, 0.1) is 0 Å². The molecule has 148 valence electrons. The molecule has 1 aromatic heterocycles. The molecule has 6 heteroatoms. The van der Waals surface area contributed by atoms with Crippen molar-refractivity contribution in [2.75, 3.05) is 5.32 Å². The highest BCUT2D eigenvalue weighted by molar-refractivity contribution is 6.32. The van der Waals surface area contributed by atoms with Gasteiger partial charge in [-0.15, -0.1) is 11.6 Å². The van der Waals surface area contributed by atoms with Gasteiger partial charge in [0.2, 0.25) is 5.91 Å². The standard InChI is InChI=1S/C24H17ClN2O3/c25-22(16-6-2-1-3-7-16)23(28)26-17-12-10-15(11-13-17)21-14-19(24(29)30)18-8-4-5-9-20(18)27-21/h1-14,22H,(H,26,28)(H,29,30). The molecule has 0 spiro atoms. The van der Waals surface area contributed by atoms with Gasteiger partial charge in [-0.3, -0.25) is 4.79 Å². The number of carbonyl (C=O) groups is 2. The summed E-state index contributed by atoms with van der Waals surface area (Å²) in [6.07, 6.45) is 0. The van der Waals surface area contributed by atoms with Crippen molar-refractivity contribution in [2.24, 2.45) is 0 Å². The average molecular weight is 417 g/mol. The van der Waals surface area contributed by atoms with E-state index in [1.54, 1.807) is 60.7 Å². The number of aromatic carboxylic acids is 1. The van der Waals surface area contributed by atoms with Crippen LogP contribution in [0.2, 0.25) is 0 Å². The Morgan fingerprint density at radius 2 is 1.57 bits per heavy atom. The smallest absolute Gasteiger partial charge is 0.336 e. The number of aromatic nitrogens is 1. The van der Waals surface area contributed by atoms with Crippen LogP contribution in [0.5, 0.6) is 0 Å². The van der Waals surface area contributed by atoms with E-state index in [1.165, 1.54) is 0 Å². The summed E-state index contributed by atoms with van der Waals surface area (Å²) in [5.74, 6) is -1.33. The fourth-order valence-corrected chi connectivity index (χ4v) is 3.40. The van der Waals surface area contributed by atoms with E-state index in [1.807, 2.05) is 24.3 Å². The number of nitrogens with zero attached hydrogens (tertiary/aromatic N) is 1. The van der Waals surface area contributed by atoms with Crippen LogP contribution in [0.3, 0.4) is 0 Å². The van der Waals surface area contributed by atoms with Crippen molar-refractivity contribution in [3.63, 3.8) is 0 Å². The number of carboxylic acids is 1. The molecule has 3 aromatic carbocycles. The summed E-state index contributed by atoms with van der Waals surface area (Å²) in [6.45, 7) is 0. The largest absolute Gasteiger partial charge is 0.478 e. The number of carboxylic acid groups (broad SMARTS) is 1. The van der Waals surface area contributed by atoms with Crippen LogP contribution in [0.25, 0.3) is 22.2 Å². The number of halogens is 1. The number of para-hydroxylation sites is 1. The Balaban J connectivity index is 1.58. The maximum atomic E-state index is 12.4. The third-order valence-electron chi connectivity index (χ3n) is 4.72. The first-order chi connectivity index (χ1) is 14.5. The summed E-state index contributed by atoms with van der Waals surface area (Å²) in [5, 5.41) is 12.1. The van der Waals surface area contributed by atoms with Crippen molar-refractivity contribution >= 4 is 40.1 Å². The number of anilines is 1. The van der Waals surface area contributed by atoms with Crippen molar-refractivity contribution in [3.05, 3.63) is 96.1 Å². The number of pyridine rings is 1. The fraction of sp³-hybridized carbons (Fsp3) is 0.0417. The van der Waals surface area contributed by atoms with Crippen molar-refractivity contribution in [1.29, 1.82) is 0 Å². The Hall–Kier alpha value is -3.70. The minimum atomic E-state index is -1.01. The third-order valence-corrected chi connectivity index (χ3v) is 5.17. The Morgan fingerprint density at radius 1 is 0.900 bits per heavy atom. The zero-order chi connectivity index (χ0) is 21.1. The Morgan fingerprint density at radius 3 is 2.27 bits per heavy atom. The van der Waals surface area contributed by atoms with Crippen LogP contribution in [-0.2, 0) is 4.79 Å². The summed E-state index contributed by atoms with van der Waals surface area (Å²) in [4.78, 5) is 28.7. The van der Waals surface area contributed by atoms with E-state index in [9.17, 15) is 14.7 Å². The van der Waals surface area contributed by atoms with Crippen molar-refractivity contribution < 1.29 is 14.7 Å². The van der Waals surface area contributed by atoms with E-state index < -0.39 is 11.3 Å². The van der Waals surface area contributed by atoms with Crippen molar-refractivity contribution in [2.45, 2.75) is 5.38 Å². The number of hydrogen-bond acceptors (Lipinski definition) is 3. The summed E-state index contributed by atoms with van der Waals surface area (Å²) in [5.41, 5.74) is 3.40. The maximum Gasteiger partial charge on any atom is 0.336 e. The lowest BCUT2D eigenvalue weighted by Gasteiger charge is -2.12. The van der Waals surface area contributed by atoms with Crippen LogP contribution >= 0.6 is 11.6 Å². The van der Waals surface area contributed by atoms with E-state index in [4.69, 9.17) is 11.6 Å². The second kappa shape index (κ2) is 8.35. The average Bonchev–Trinajstić information content (AvgIpc) is 2.78.